The van der Waals surface area contributed by atoms with Crippen LogP contribution >= 0.6 is 0 Å². The van der Waals surface area contributed by atoms with Crippen LogP contribution in [0.1, 0.15) is 39.5 Å². The predicted molar refractivity (Wildman–Crippen MR) is 65.7 cm³/mol. The molecule has 0 radical (unpaired) electrons. The molecule has 0 amide bonds. The van der Waals surface area contributed by atoms with Gasteiger partial charge in [0.15, 0.2) is 0 Å². The van der Waals surface area contributed by atoms with Gasteiger partial charge in [-0.2, -0.15) is 0 Å². The van der Waals surface area contributed by atoms with E-state index < -0.39 is 0 Å². The third kappa shape index (κ3) is 2.82. The molecule has 0 aromatic carbocycles. The highest BCUT2D eigenvalue weighted by Crippen LogP contribution is 2.38. The lowest BCUT2D eigenvalue weighted by atomic mass is 9.89. The van der Waals surface area contributed by atoms with E-state index in [0.29, 0.717) is 5.92 Å². The minimum Gasteiger partial charge on any atom is -0.389 e. The second-order valence-electron chi connectivity index (χ2n) is 4.56. The highest BCUT2D eigenvalue weighted by Gasteiger charge is 2.28. The molecular formula is C14H22O. The topological polar surface area (TPSA) is 20.2 Å². The number of hydrogen-bond acceptors (Lipinski definition) is 1. The van der Waals surface area contributed by atoms with Gasteiger partial charge in [0.2, 0.25) is 0 Å². The summed E-state index contributed by atoms with van der Waals surface area (Å²) in [4.78, 5) is 0. The summed E-state index contributed by atoms with van der Waals surface area (Å²) in [6.07, 6.45) is 5.47. The van der Waals surface area contributed by atoms with Crippen molar-refractivity contribution in [1.29, 1.82) is 0 Å². The lowest BCUT2D eigenvalue weighted by Gasteiger charge is -2.20. The van der Waals surface area contributed by atoms with Crippen molar-refractivity contribution in [3.8, 4) is 0 Å². The fourth-order valence-electron chi connectivity index (χ4n) is 2.42. The fourth-order valence-corrected chi connectivity index (χ4v) is 2.42. The molecule has 1 unspecified atom stereocenters. The van der Waals surface area contributed by atoms with Gasteiger partial charge in [-0.3, -0.25) is 0 Å². The van der Waals surface area contributed by atoms with Gasteiger partial charge in [0, 0.05) is 5.92 Å². The second-order valence-corrected chi connectivity index (χ2v) is 4.56. The minimum atomic E-state index is -0.299. The zero-order chi connectivity index (χ0) is 11.4. The Kier molecular flexibility index (Phi) is 4.34. The monoisotopic (exact) mass is 206 g/mol. The summed E-state index contributed by atoms with van der Waals surface area (Å²) in [7, 11) is 0. The van der Waals surface area contributed by atoms with Crippen molar-refractivity contribution in [1.82, 2.24) is 0 Å². The van der Waals surface area contributed by atoms with Gasteiger partial charge in [-0.1, -0.05) is 23.8 Å². The van der Waals surface area contributed by atoms with E-state index >= 15 is 0 Å². The Morgan fingerprint density at radius 1 is 1.67 bits per heavy atom. The van der Waals surface area contributed by atoms with Crippen molar-refractivity contribution in [2.75, 3.05) is 0 Å². The highest BCUT2D eigenvalue weighted by atomic mass is 16.3. The van der Waals surface area contributed by atoms with Gasteiger partial charge in [0.1, 0.15) is 0 Å². The van der Waals surface area contributed by atoms with Crippen molar-refractivity contribution in [3.63, 3.8) is 0 Å². The van der Waals surface area contributed by atoms with Crippen LogP contribution in [0.3, 0.4) is 0 Å². The van der Waals surface area contributed by atoms with Gasteiger partial charge < -0.3 is 5.11 Å². The van der Waals surface area contributed by atoms with E-state index in [-0.39, 0.29) is 6.10 Å². The molecule has 0 heterocycles. The van der Waals surface area contributed by atoms with Crippen LogP contribution in [0.2, 0.25) is 0 Å². The first kappa shape index (κ1) is 12.3. The zero-order valence-corrected chi connectivity index (χ0v) is 9.92. The zero-order valence-electron chi connectivity index (χ0n) is 9.92. The van der Waals surface area contributed by atoms with Crippen LogP contribution in [0.25, 0.3) is 0 Å². The summed E-state index contributed by atoms with van der Waals surface area (Å²) >= 11 is 0. The standard InChI is InChI=1S/C14H22O/c1-5-6-7-13(15)14-11(4)8-9-12(14)10(2)3/h5,12-13,15H,1-2,6-9H2,3-4H3/t12-,13?/m0/s1. The maximum Gasteiger partial charge on any atom is 0.0761 e. The van der Waals surface area contributed by atoms with Crippen molar-refractivity contribution in [2.45, 2.75) is 45.6 Å². The van der Waals surface area contributed by atoms with Crippen LogP contribution in [0.15, 0.2) is 36.0 Å². The van der Waals surface area contributed by atoms with Gasteiger partial charge in [-0.25, -0.2) is 0 Å². The Labute approximate surface area is 93.2 Å². The van der Waals surface area contributed by atoms with Gasteiger partial charge >= 0.3 is 0 Å². The molecule has 0 saturated carbocycles. The Morgan fingerprint density at radius 3 is 2.87 bits per heavy atom. The van der Waals surface area contributed by atoms with Crippen LogP contribution in [0.5, 0.6) is 0 Å². The molecule has 1 rings (SSSR count). The quantitative estimate of drug-likeness (QED) is 0.681. The van der Waals surface area contributed by atoms with Crippen LogP contribution < -0.4 is 0 Å². The summed E-state index contributed by atoms with van der Waals surface area (Å²) < 4.78 is 0. The Bertz CT molecular complexity index is 286. The molecule has 84 valence electrons. The molecule has 1 heteroatoms. The smallest absolute Gasteiger partial charge is 0.0761 e. The van der Waals surface area contributed by atoms with Crippen LogP contribution in [0, 0.1) is 5.92 Å². The molecule has 1 nitrogen and oxygen atoms in total. The molecule has 2 atom stereocenters. The Balaban J connectivity index is 2.75. The molecule has 0 fully saturated rings. The summed E-state index contributed by atoms with van der Waals surface area (Å²) in [5.74, 6) is 0.407. The SMILES string of the molecule is C=CCCC(O)C1=C(C)CC[C@H]1C(=C)C. The number of rotatable bonds is 5. The maximum absolute atomic E-state index is 10.1. The van der Waals surface area contributed by atoms with Crippen LogP contribution in [-0.4, -0.2) is 11.2 Å². The highest BCUT2D eigenvalue weighted by molar-refractivity contribution is 5.31. The first-order valence-corrected chi connectivity index (χ1v) is 5.71. The average molecular weight is 206 g/mol. The van der Waals surface area contributed by atoms with E-state index in [1.807, 2.05) is 6.08 Å². The van der Waals surface area contributed by atoms with Crippen molar-refractivity contribution >= 4 is 0 Å². The van der Waals surface area contributed by atoms with E-state index in [9.17, 15) is 5.11 Å². The number of allylic oxidation sites excluding steroid dienone is 3. The molecule has 0 aliphatic heterocycles. The lowest BCUT2D eigenvalue weighted by molar-refractivity contribution is 0.192. The molecule has 0 aromatic heterocycles. The van der Waals surface area contributed by atoms with Crippen LogP contribution in [-0.2, 0) is 0 Å². The van der Waals surface area contributed by atoms with Gasteiger partial charge in [-0.15, -0.1) is 6.58 Å². The third-order valence-electron chi connectivity index (χ3n) is 3.27. The van der Waals surface area contributed by atoms with Crippen molar-refractivity contribution in [2.24, 2.45) is 5.92 Å². The molecule has 0 spiro atoms. The Hall–Kier alpha value is -0.820. The van der Waals surface area contributed by atoms with Gasteiger partial charge in [-0.05, 0) is 45.1 Å². The summed E-state index contributed by atoms with van der Waals surface area (Å²) in [6, 6.07) is 0. The van der Waals surface area contributed by atoms with E-state index in [0.717, 1.165) is 25.7 Å². The van der Waals surface area contributed by atoms with Gasteiger partial charge in [0.25, 0.3) is 0 Å². The Morgan fingerprint density at radius 2 is 2.33 bits per heavy atom. The lowest BCUT2D eigenvalue weighted by Crippen LogP contribution is -2.16. The fraction of sp³-hybridized carbons (Fsp3) is 0.571. The second kappa shape index (κ2) is 5.32. The minimum absolute atomic E-state index is 0.299. The molecule has 0 saturated heterocycles. The summed E-state index contributed by atoms with van der Waals surface area (Å²) in [5, 5.41) is 10.1. The molecule has 0 aromatic rings. The van der Waals surface area contributed by atoms with Crippen LogP contribution in [0.4, 0.5) is 0 Å². The number of aliphatic hydroxyl groups excluding tert-OH is 1. The average Bonchev–Trinajstić information content (AvgIpc) is 2.56. The van der Waals surface area contributed by atoms with Crippen molar-refractivity contribution in [3.05, 3.63) is 36.0 Å². The molecule has 1 aliphatic carbocycles. The van der Waals surface area contributed by atoms with Crippen molar-refractivity contribution < 1.29 is 5.11 Å². The predicted octanol–water partition coefficient (Wildman–Crippen LogP) is 3.62. The summed E-state index contributed by atoms with van der Waals surface area (Å²) in [5.41, 5.74) is 3.77. The van der Waals surface area contributed by atoms with Gasteiger partial charge in [0.05, 0.1) is 6.10 Å². The molecular weight excluding hydrogens is 184 g/mol. The third-order valence-corrected chi connectivity index (χ3v) is 3.27. The van der Waals surface area contributed by atoms with E-state index in [2.05, 4.69) is 27.0 Å². The first-order chi connectivity index (χ1) is 7.07. The largest absolute Gasteiger partial charge is 0.389 e. The van der Waals surface area contributed by atoms with E-state index in [1.54, 1.807) is 0 Å². The van der Waals surface area contributed by atoms with E-state index in [4.69, 9.17) is 0 Å². The molecule has 1 N–H and O–H groups in total. The molecule has 15 heavy (non-hydrogen) atoms. The first-order valence-electron chi connectivity index (χ1n) is 5.71. The molecule has 1 aliphatic rings. The molecule has 0 bridgehead atoms. The maximum atomic E-state index is 10.1. The number of aliphatic hydroxyl groups is 1. The summed E-state index contributed by atoms with van der Waals surface area (Å²) in [6.45, 7) is 11.9. The number of hydrogen-bond donors (Lipinski definition) is 1. The van der Waals surface area contributed by atoms with E-state index in [1.165, 1.54) is 16.7 Å². The normalized spacial score (nSPS) is 23.0.